The molecule has 0 aromatic heterocycles. The lowest BCUT2D eigenvalue weighted by Crippen LogP contribution is -2.35. The van der Waals surface area contributed by atoms with Gasteiger partial charge in [-0.15, -0.1) is 0 Å². The highest BCUT2D eigenvalue weighted by atomic mass is 16.7. The van der Waals surface area contributed by atoms with Crippen molar-refractivity contribution in [2.45, 2.75) is 24.6 Å². The van der Waals surface area contributed by atoms with Gasteiger partial charge >= 0.3 is 5.69 Å². The van der Waals surface area contributed by atoms with Gasteiger partial charge in [-0.2, -0.15) is 0 Å². The summed E-state index contributed by atoms with van der Waals surface area (Å²) >= 11 is 0. The number of nitro groups is 1. The normalized spacial score (nSPS) is 30.3. The van der Waals surface area contributed by atoms with Gasteiger partial charge in [0.2, 0.25) is 6.29 Å². The van der Waals surface area contributed by atoms with Gasteiger partial charge in [-0.25, -0.2) is 0 Å². The molecule has 104 valence electrons. The number of nitrogens with zero attached hydrogens (tertiary/aromatic N) is 1. The van der Waals surface area contributed by atoms with E-state index in [1.807, 2.05) is 0 Å². The van der Waals surface area contributed by atoms with Crippen LogP contribution in [0.4, 0.5) is 5.69 Å². The molecule has 1 aliphatic heterocycles. The molecule has 0 radical (unpaired) electrons. The quantitative estimate of drug-likeness (QED) is 0.494. The van der Waals surface area contributed by atoms with Crippen molar-refractivity contribution in [2.24, 2.45) is 0 Å². The molecule has 0 aliphatic carbocycles. The summed E-state index contributed by atoms with van der Waals surface area (Å²) in [6.07, 6.45) is -4.95. The smallest absolute Gasteiger partial charge is 0.311 e. The molecule has 3 N–H and O–H groups in total. The summed E-state index contributed by atoms with van der Waals surface area (Å²) in [6, 6.07) is 5.61. The van der Waals surface area contributed by atoms with E-state index in [4.69, 9.17) is 14.6 Å². The van der Waals surface area contributed by atoms with Crippen LogP contribution in [-0.2, 0) is 4.74 Å². The SMILES string of the molecule is O=[N+]([O-])c1ccccc1O[C@H]1O[C@H](CO)[C@@H](O)[C@H]1O. The van der Waals surface area contributed by atoms with Crippen molar-refractivity contribution in [1.82, 2.24) is 0 Å². The van der Waals surface area contributed by atoms with Crippen LogP contribution in [0, 0.1) is 10.1 Å². The number of para-hydroxylation sites is 2. The number of nitro benzene ring substituents is 1. The fourth-order valence-electron chi connectivity index (χ4n) is 1.80. The minimum Gasteiger partial charge on any atom is -0.455 e. The van der Waals surface area contributed by atoms with E-state index in [1.54, 1.807) is 0 Å². The van der Waals surface area contributed by atoms with E-state index >= 15 is 0 Å². The van der Waals surface area contributed by atoms with Gasteiger partial charge in [0.05, 0.1) is 11.5 Å². The maximum absolute atomic E-state index is 10.8. The Bertz CT molecular complexity index is 466. The third-order valence-electron chi connectivity index (χ3n) is 2.80. The maximum atomic E-state index is 10.8. The van der Waals surface area contributed by atoms with E-state index in [0.29, 0.717) is 0 Å². The average molecular weight is 271 g/mol. The lowest BCUT2D eigenvalue weighted by atomic mass is 10.1. The van der Waals surface area contributed by atoms with Gasteiger partial charge in [0.1, 0.15) is 18.3 Å². The minimum atomic E-state index is -1.39. The Balaban J connectivity index is 2.16. The van der Waals surface area contributed by atoms with Crippen molar-refractivity contribution >= 4 is 5.69 Å². The van der Waals surface area contributed by atoms with Gasteiger partial charge in [0.15, 0.2) is 5.75 Å². The topological polar surface area (TPSA) is 122 Å². The monoisotopic (exact) mass is 271 g/mol. The molecule has 1 aromatic carbocycles. The summed E-state index contributed by atoms with van der Waals surface area (Å²) in [6.45, 7) is -0.491. The van der Waals surface area contributed by atoms with Crippen LogP contribution in [0.2, 0.25) is 0 Å². The van der Waals surface area contributed by atoms with Gasteiger partial charge in [0.25, 0.3) is 0 Å². The molecule has 4 atom stereocenters. The highest BCUT2D eigenvalue weighted by Crippen LogP contribution is 2.30. The summed E-state index contributed by atoms with van der Waals surface area (Å²) in [5.74, 6) is -0.0812. The Morgan fingerprint density at radius 1 is 1.32 bits per heavy atom. The highest BCUT2D eigenvalue weighted by molar-refractivity contribution is 5.45. The van der Waals surface area contributed by atoms with Crippen molar-refractivity contribution in [3.05, 3.63) is 34.4 Å². The molecule has 2 rings (SSSR count). The molecule has 1 aromatic rings. The number of aliphatic hydroxyl groups is 3. The van der Waals surface area contributed by atoms with Crippen molar-refractivity contribution in [3.8, 4) is 5.75 Å². The summed E-state index contributed by atoms with van der Waals surface area (Å²) in [4.78, 5) is 10.2. The standard InChI is InChI=1S/C11H13NO7/c13-5-8-9(14)10(15)11(19-8)18-7-4-2-1-3-6(7)12(16)17/h1-4,8-11,13-15H,5H2/t8-,9-,10-,11+/m1/s1. The summed E-state index contributed by atoms with van der Waals surface area (Å²) in [5, 5.41) is 38.9. The number of rotatable bonds is 4. The van der Waals surface area contributed by atoms with Crippen LogP contribution < -0.4 is 4.74 Å². The van der Waals surface area contributed by atoms with Crippen LogP contribution in [-0.4, -0.2) is 51.5 Å². The largest absolute Gasteiger partial charge is 0.455 e. The van der Waals surface area contributed by atoms with E-state index in [9.17, 15) is 20.3 Å². The molecular weight excluding hydrogens is 258 g/mol. The molecule has 8 heteroatoms. The summed E-state index contributed by atoms with van der Waals surface area (Å²) in [5.41, 5.74) is -0.278. The van der Waals surface area contributed by atoms with E-state index in [0.717, 1.165) is 0 Å². The molecule has 0 spiro atoms. The molecule has 8 nitrogen and oxygen atoms in total. The van der Waals surface area contributed by atoms with Gasteiger partial charge in [-0.1, -0.05) is 12.1 Å². The number of benzene rings is 1. The fraction of sp³-hybridized carbons (Fsp3) is 0.455. The second-order valence-corrected chi connectivity index (χ2v) is 4.05. The Morgan fingerprint density at radius 2 is 2.00 bits per heavy atom. The summed E-state index contributed by atoms with van der Waals surface area (Å²) in [7, 11) is 0. The van der Waals surface area contributed by atoms with Crippen LogP contribution >= 0.6 is 0 Å². The second-order valence-electron chi connectivity index (χ2n) is 4.05. The van der Waals surface area contributed by atoms with Crippen molar-refractivity contribution in [3.63, 3.8) is 0 Å². The molecule has 1 heterocycles. The number of aliphatic hydroxyl groups excluding tert-OH is 3. The highest BCUT2D eigenvalue weighted by Gasteiger charge is 2.44. The predicted molar refractivity (Wildman–Crippen MR) is 61.5 cm³/mol. The molecule has 0 bridgehead atoms. The van der Waals surface area contributed by atoms with Gasteiger partial charge in [-0.3, -0.25) is 10.1 Å². The first-order chi connectivity index (χ1) is 9.04. The Kier molecular flexibility index (Phi) is 3.96. The van der Waals surface area contributed by atoms with Crippen molar-refractivity contribution < 1.29 is 29.7 Å². The molecular formula is C11H13NO7. The van der Waals surface area contributed by atoms with E-state index in [-0.39, 0.29) is 11.4 Å². The Hall–Kier alpha value is -1.74. The first-order valence-corrected chi connectivity index (χ1v) is 5.57. The third kappa shape index (κ3) is 2.66. The number of ether oxygens (including phenoxy) is 2. The fourth-order valence-corrected chi connectivity index (χ4v) is 1.80. The molecule has 1 aliphatic rings. The first-order valence-electron chi connectivity index (χ1n) is 5.57. The zero-order valence-electron chi connectivity index (χ0n) is 9.75. The third-order valence-corrected chi connectivity index (χ3v) is 2.80. The van der Waals surface area contributed by atoms with Crippen LogP contribution in [0.5, 0.6) is 5.75 Å². The summed E-state index contributed by atoms with van der Waals surface area (Å²) < 4.78 is 10.3. The first kappa shape index (κ1) is 13.7. The molecule has 0 amide bonds. The van der Waals surface area contributed by atoms with Gasteiger partial charge in [-0.05, 0) is 6.07 Å². The number of hydrogen-bond acceptors (Lipinski definition) is 7. The van der Waals surface area contributed by atoms with Crippen LogP contribution in [0.1, 0.15) is 0 Å². The molecule has 0 unspecified atom stereocenters. The van der Waals surface area contributed by atoms with Crippen LogP contribution in [0.25, 0.3) is 0 Å². The maximum Gasteiger partial charge on any atom is 0.311 e. The van der Waals surface area contributed by atoms with Gasteiger partial charge < -0.3 is 24.8 Å². The van der Waals surface area contributed by atoms with Gasteiger partial charge in [0, 0.05) is 6.07 Å². The molecule has 0 saturated carbocycles. The average Bonchev–Trinajstić information content (AvgIpc) is 2.67. The zero-order valence-corrected chi connectivity index (χ0v) is 9.75. The van der Waals surface area contributed by atoms with Crippen molar-refractivity contribution in [2.75, 3.05) is 6.61 Å². The Morgan fingerprint density at radius 3 is 2.58 bits per heavy atom. The molecule has 1 fully saturated rings. The predicted octanol–water partition coefficient (Wildman–Crippen LogP) is -0.587. The van der Waals surface area contributed by atoms with Crippen LogP contribution in [0.3, 0.4) is 0 Å². The van der Waals surface area contributed by atoms with E-state index < -0.39 is 36.1 Å². The second kappa shape index (κ2) is 5.49. The lowest BCUT2D eigenvalue weighted by Gasteiger charge is -2.16. The zero-order chi connectivity index (χ0) is 14.0. The lowest BCUT2D eigenvalue weighted by molar-refractivity contribution is -0.386. The molecule has 19 heavy (non-hydrogen) atoms. The van der Waals surface area contributed by atoms with Crippen LogP contribution in [0.15, 0.2) is 24.3 Å². The Labute approximate surface area is 108 Å². The number of hydrogen-bond donors (Lipinski definition) is 3. The van der Waals surface area contributed by atoms with Crippen molar-refractivity contribution in [1.29, 1.82) is 0 Å². The van der Waals surface area contributed by atoms with E-state index in [1.165, 1.54) is 24.3 Å². The minimum absolute atomic E-state index is 0.0812. The molecule has 1 saturated heterocycles. The van der Waals surface area contributed by atoms with E-state index in [2.05, 4.69) is 0 Å².